The van der Waals surface area contributed by atoms with E-state index in [0.29, 0.717) is 6.61 Å². The van der Waals surface area contributed by atoms with Crippen molar-refractivity contribution >= 4 is 0 Å². The summed E-state index contributed by atoms with van der Waals surface area (Å²) in [7, 11) is 0. The highest BCUT2D eigenvalue weighted by molar-refractivity contribution is 5.13. The van der Waals surface area contributed by atoms with Gasteiger partial charge in [-0.3, -0.25) is 16.3 Å². The molecule has 3 N–H and O–H groups in total. The van der Waals surface area contributed by atoms with Crippen LogP contribution >= 0.6 is 0 Å². The second-order valence-electron chi connectivity index (χ2n) is 4.89. The minimum absolute atomic E-state index is 0.0822. The molecule has 1 unspecified atom stereocenters. The van der Waals surface area contributed by atoms with Gasteiger partial charge in [0.15, 0.2) is 0 Å². The zero-order chi connectivity index (χ0) is 13.6. The highest BCUT2D eigenvalue weighted by atomic mass is 16.5. The van der Waals surface area contributed by atoms with Crippen molar-refractivity contribution in [2.24, 2.45) is 5.84 Å². The predicted octanol–water partition coefficient (Wildman–Crippen LogP) is 1.04. The van der Waals surface area contributed by atoms with Crippen LogP contribution in [-0.4, -0.2) is 36.4 Å². The number of hydrazine groups is 1. The van der Waals surface area contributed by atoms with Crippen molar-refractivity contribution in [3.63, 3.8) is 0 Å². The van der Waals surface area contributed by atoms with E-state index in [-0.39, 0.29) is 11.6 Å². The smallest absolute Gasteiger partial charge is 0.0895 e. The average Bonchev–Trinajstić information content (AvgIpc) is 2.47. The first-order valence-corrected chi connectivity index (χ1v) is 6.87. The number of nitrogens with one attached hydrogen (secondary N) is 1. The summed E-state index contributed by atoms with van der Waals surface area (Å²) >= 11 is 0. The van der Waals surface area contributed by atoms with Crippen molar-refractivity contribution < 1.29 is 9.47 Å². The fourth-order valence-corrected chi connectivity index (χ4v) is 2.75. The van der Waals surface area contributed by atoms with Gasteiger partial charge in [-0.05, 0) is 31.0 Å². The van der Waals surface area contributed by atoms with Gasteiger partial charge in [0.1, 0.15) is 0 Å². The lowest BCUT2D eigenvalue weighted by atomic mass is 9.83. The fourth-order valence-electron chi connectivity index (χ4n) is 2.75. The molecular weight excluding hydrogens is 242 g/mol. The summed E-state index contributed by atoms with van der Waals surface area (Å²) in [6.07, 6.45) is 6.20. The lowest BCUT2D eigenvalue weighted by Gasteiger charge is -2.42. The van der Waals surface area contributed by atoms with E-state index in [4.69, 9.17) is 15.3 Å². The minimum Gasteiger partial charge on any atom is -0.381 e. The number of nitrogens with two attached hydrogens (primary N) is 1. The predicted molar refractivity (Wildman–Crippen MR) is 73.5 cm³/mol. The van der Waals surface area contributed by atoms with Crippen molar-refractivity contribution in [3.05, 3.63) is 30.1 Å². The average molecular weight is 265 g/mol. The summed E-state index contributed by atoms with van der Waals surface area (Å²) in [6, 6.07) is 4.12. The van der Waals surface area contributed by atoms with Crippen molar-refractivity contribution in [2.45, 2.75) is 37.8 Å². The molecule has 5 heteroatoms. The molecular formula is C14H23N3O2. The van der Waals surface area contributed by atoms with Crippen LogP contribution in [0.25, 0.3) is 0 Å². The monoisotopic (exact) mass is 265 g/mol. The largest absolute Gasteiger partial charge is 0.381 e. The van der Waals surface area contributed by atoms with Crippen molar-refractivity contribution in [2.75, 3.05) is 19.8 Å². The van der Waals surface area contributed by atoms with Crippen LogP contribution < -0.4 is 11.3 Å². The maximum atomic E-state index is 6.06. The molecule has 2 heterocycles. The van der Waals surface area contributed by atoms with Gasteiger partial charge in [0, 0.05) is 45.1 Å². The Kier molecular flexibility index (Phi) is 5.27. The van der Waals surface area contributed by atoms with Gasteiger partial charge in [0.05, 0.1) is 11.6 Å². The van der Waals surface area contributed by atoms with E-state index in [2.05, 4.69) is 10.4 Å². The Bertz CT molecular complexity index is 361. The summed E-state index contributed by atoms with van der Waals surface area (Å²) in [5.41, 5.74) is 3.93. The Morgan fingerprint density at radius 3 is 2.68 bits per heavy atom. The number of rotatable bonds is 6. The molecule has 19 heavy (non-hydrogen) atoms. The lowest BCUT2D eigenvalue weighted by molar-refractivity contribution is -0.126. The van der Waals surface area contributed by atoms with E-state index in [9.17, 15) is 0 Å². The van der Waals surface area contributed by atoms with E-state index in [1.807, 2.05) is 19.1 Å². The van der Waals surface area contributed by atoms with Gasteiger partial charge in [0.2, 0.25) is 0 Å². The number of nitrogens with zero attached hydrogens (tertiary/aromatic N) is 1. The molecule has 1 atom stereocenters. The zero-order valence-electron chi connectivity index (χ0n) is 11.5. The maximum Gasteiger partial charge on any atom is 0.0895 e. The number of aromatic nitrogens is 1. The van der Waals surface area contributed by atoms with Crippen molar-refractivity contribution in [1.29, 1.82) is 0 Å². The molecule has 106 valence electrons. The Morgan fingerprint density at radius 1 is 1.42 bits per heavy atom. The molecule has 1 aliphatic rings. The second-order valence-corrected chi connectivity index (χ2v) is 4.89. The standard InChI is InChI=1S/C14H23N3O2/c1-2-19-14(5-9-18-10-6-14)13(17-15)11-12-3-7-16-8-4-12/h3-4,7-8,13,17H,2,5-6,9-11,15H2,1H3. The molecule has 0 spiro atoms. The summed E-state index contributed by atoms with van der Waals surface area (Å²) in [4.78, 5) is 4.04. The third kappa shape index (κ3) is 3.51. The molecule has 0 saturated carbocycles. The van der Waals surface area contributed by atoms with E-state index < -0.39 is 0 Å². The van der Waals surface area contributed by atoms with Crippen LogP contribution in [0.3, 0.4) is 0 Å². The molecule has 0 radical (unpaired) electrons. The number of ether oxygens (including phenoxy) is 2. The first-order valence-electron chi connectivity index (χ1n) is 6.87. The lowest BCUT2D eigenvalue weighted by Crippen LogP contribution is -2.58. The first kappa shape index (κ1) is 14.4. The number of pyridine rings is 1. The third-order valence-corrected chi connectivity index (χ3v) is 3.80. The molecule has 1 aliphatic heterocycles. The van der Waals surface area contributed by atoms with Crippen LogP contribution in [0.2, 0.25) is 0 Å². The minimum atomic E-state index is -0.231. The third-order valence-electron chi connectivity index (χ3n) is 3.80. The maximum absolute atomic E-state index is 6.06. The van der Waals surface area contributed by atoms with Crippen molar-refractivity contribution in [3.8, 4) is 0 Å². The van der Waals surface area contributed by atoms with Crippen LogP contribution in [0, 0.1) is 0 Å². The SMILES string of the molecule is CCOC1(C(Cc2ccncc2)NN)CCOCC1. The van der Waals surface area contributed by atoms with Crippen molar-refractivity contribution in [1.82, 2.24) is 10.4 Å². The summed E-state index contributed by atoms with van der Waals surface area (Å²) < 4.78 is 11.5. The van der Waals surface area contributed by atoms with Gasteiger partial charge in [-0.15, -0.1) is 0 Å². The Morgan fingerprint density at radius 2 is 2.11 bits per heavy atom. The summed E-state index contributed by atoms with van der Waals surface area (Å²) in [5.74, 6) is 5.78. The molecule has 1 aromatic rings. The highest BCUT2D eigenvalue weighted by Crippen LogP contribution is 2.30. The van der Waals surface area contributed by atoms with Gasteiger partial charge in [-0.1, -0.05) is 0 Å². The number of hydrogen-bond donors (Lipinski definition) is 2. The molecule has 5 nitrogen and oxygen atoms in total. The van der Waals surface area contributed by atoms with E-state index in [0.717, 1.165) is 32.5 Å². The quantitative estimate of drug-likeness (QED) is 0.594. The van der Waals surface area contributed by atoms with Crippen LogP contribution in [0.4, 0.5) is 0 Å². The van der Waals surface area contributed by atoms with Crippen LogP contribution in [-0.2, 0) is 15.9 Å². The van der Waals surface area contributed by atoms with E-state index >= 15 is 0 Å². The van der Waals surface area contributed by atoms with Crippen LogP contribution in [0.15, 0.2) is 24.5 Å². The van der Waals surface area contributed by atoms with Gasteiger partial charge < -0.3 is 9.47 Å². The molecule has 2 rings (SSSR count). The fraction of sp³-hybridized carbons (Fsp3) is 0.643. The van der Waals surface area contributed by atoms with Gasteiger partial charge in [-0.2, -0.15) is 0 Å². The topological polar surface area (TPSA) is 69.4 Å². The molecule has 0 aliphatic carbocycles. The number of hydrogen-bond acceptors (Lipinski definition) is 5. The highest BCUT2D eigenvalue weighted by Gasteiger charge is 2.40. The molecule has 1 aromatic heterocycles. The van der Waals surface area contributed by atoms with E-state index in [1.165, 1.54) is 5.56 Å². The molecule has 0 aromatic carbocycles. The Balaban J connectivity index is 2.12. The molecule has 0 amide bonds. The van der Waals surface area contributed by atoms with Crippen LogP contribution in [0.1, 0.15) is 25.3 Å². The Hall–Kier alpha value is -1.01. The van der Waals surface area contributed by atoms with Gasteiger partial charge >= 0.3 is 0 Å². The molecule has 0 bridgehead atoms. The zero-order valence-corrected chi connectivity index (χ0v) is 11.5. The second kappa shape index (κ2) is 6.96. The molecule has 1 fully saturated rings. The van der Waals surface area contributed by atoms with Gasteiger partial charge in [-0.25, -0.2) is 0 Å². The first-order chi connectivity index (χ1) is 9.30. The van der Waals surface area contributed by atoms with Gasteiger partial charge in [0.25, 0.3) is 0 Å². The van der Waals surface area contributed by atoms with E-state index in [1.54, 1.807) is 12.4 Å². The summed E-state index contributed by atoms with van der Waals surface area (Å²) in [5, 5.41) is 0. The Labute approximate surface area is 114 Å². The normalized spacial score (nSPS) is 20.1. The molecule has 1 saturated heterocycles. The van der Waals surface area contributed by atoms with Crippen LogP contribution in [0.5, 0.6) is 0 Å². The summed E-state index contributed by atoms with van der Waals surface area (Å²) in [6.45, 7) is 4.18.